The van der Waals surface area contributed by atoms with Gasteiger partial charge in [-0.3, -0.25) is 4.98 Å². The highest BCUT2D eigenvalue weighted by atomic mass is 16.5. The summed E-state index contributed by atoms with van der Waals surface area (Å²) in [6, 6.07) is 5.72. The Morgan fingerprint density at radius 2 is 2.10 bits per heavy atom. The van der Waals surface area contributed by atoms with Crippen LogP contribution in [0.3, 0.4) is 0 Å². The van der Waals surface area contributed by atoms with Crippen molar-refractivity contribution in [2.75, 3.05) is 20.3 Å². The fourth-order valence-electron chi connectivity index (χ4n) is 1.87. The van der Waals surface area contributed by atoms with Gasteiger partial charge in [-0.25, -0.2) is 0 Å². The zero-order valence-corrected chi connectivity index (χ0v) is 12.7. The molecule has 0 radical (unpaired) electrons. The normalized spacial score (nSPS) is 10.8. The molecule has 2 aromatic heterocycles. The standard InChI is InChI=1S/C15H21N3O3/c1-11-4-5-15(14(17-11)9-16-6-7-19-3)20-10-13-8-12(2)18-21-13/h4-5,8,16H,6-7,9-10H2,1-3H3. The zero-order chi connectivity index (χ0) is 15.1. The molecule has 0 bridgehead atoms. The Morgan fingerprint density at radius 3 is 2.81 bits per heavy atom. The number of ether oxygens (including phenoxy) is 2. The molecule has 0 saturated carbocycles. The van der Waals surface area contributed by atoms with Crippen molar-refractivity contribution in [2.45, 2.75) is 27.0 Å². The topological polar surface area (TPSA) is 69.4 Å². The largest absolute Gasteiger partial charge is 0.484 e. The van der Waals surface area contributed by atoms with Crippen molar-refractivity contribution in [3.63, 3.8) is 0 Å². The Bertz CT molecular complexity index is 569. The summed E-state index contributed by atoms with van der Waals surface area (Å²) in [6.45, 7) is 6.26. The SMILES string of the molecule is COCCNCc1nc(C)ccc1OCc1cc(C)no1. The first kappa shape index (κ1) is 15.5. The lowest BCUT2D eigenvalue weighted by molar-refractivity contribution is 0.198. The molecule has 6 nitrogen and oxygen atoms in total. The summed E-state index contributed by atoms with van der Waals surface area (Å²) < 4.78 is 15.9. The summed E-state index contributed by atoms with van der Waals surface area (Å²) in [5, 5.41) is 7.11. The van der Waals surface area contributed by atoms with Gasteiger partial charge in [-0.2, -0.15) is 0 Å². The Kier molecular flexibility index (Phi) is 5.71. The van der Waals surface area contributed by atoms with Gasteiger partial charge in [0, 0.05) is 32.0 Å². The maximum atomic E-state index is 5.78. The predicted octanol–water partition coefficient (Wildman–Crippen LogP) is 2.00. The minimum atomic E-state index is 0.344. The van der Waals surface area contributed by atoms with Crippen LogP contribution >= 0.6 is 0 Å². The molecule has 21 heavy (non-hydrogen) atoms. The van der Waals surface area contributed by atoms with Crippen molar-refractivity contribution >= 4 is 0 Å². The molecular formula is C15H21N3O3. The molecule has 0 spiro atoms. The molecule has 0 aliphatic rings. The molecule has 1 N–H and O–H groups in total. The number of nitrogens with zero attached hydrogens (tertiary/aromatic N) is 2. The first-order valence-corrected chi connectivity index (χ1v) is 6.90. The van der Waals surface area contributed by atoms with Gasteiger partial charge >= 0.3 is 0 Å². The van der Waals surface area contributed by atoms with Gasteiger partial charge in [0.1, 0.15) is 12.4 Å². The lowest BCUT2D eigenvalue weighted by Crippen LogP contribution is -2.20. The highest BCUT2D eigenvalue weighted by Gasteiger charge is 2.08. The summed E-state index contributed by atoms with van der Waals surface area (Å²) in [7, 11) is 1.68. The molecule has 0 atom stereocenters. The third-order valence-electron chi connectivity index (χ3n) is 2.89. The molecule has 0 amide bonds. The molecule has 0 aromatic carbocycles. The third-order valence-corrected chi connectivity index (χ3v) is 2.89. The average molecular weight is 291 g/mol. The minimum absolute atomic E-state index is 0.344. The van der Waals surface area contributed by atoms with Crippen molar-refractivity contribution in [1.82, 2.24) is 15.5 Å². The number of hydrogen-bond acceptors (Lipinski definition) is 6. The van der Waals surface area contributed by atoms with Crippen LogP contribution < -0.4 is 10.1 Å². The fraction of sp³-hybridized carbons (Fsp3) is 0.467. The fourth-order valence-corrected chi connectivity index (χ4v) is 1.87. The molecule has 0 fully saturated rings. The second kappa shape index (κ2) is 7.75. The average Bonchev–Trinajstić information content (AvgIpc) is 2.88. The molecule has 2 heterocycles. The summed E-state index contributed by atoms with van der Waals surface area (Å²) in [5.74, 6) is 1.45. The minimum Gasteiger partial charge on any atom is -0.484 e. The van der Waals surface area contributed by atoms with E-state index in [2.05, 4.69) is 15.5 Å². The molecular weight excluding hydrogens is 270 g/mol. The van der Waals surface area contributed by atoms with Crippen molar-refractivity contribution in [2.24, 2.45) is 0 Å². The van der Waals surface area contributed by atoms with Gasteiger partial charge < -0.3 is 19.3 Å². The number of hydrogen-bond donors (Lipinski definition) is 1. The van der Waals surface area contributed by atoms with Crippen LogP contribution in [0.15, 0.2) is 22.7 Å². The third kappa shape index (κ3) is 4.84. The van der Waals surface area contributed by atoms with E-state index in [4.69, 9.17) is 14.0 Å². The molecule has 0 aliphatic carbocycles. The lowest BCUT2D eigenvalue weighted by atomic mass is 10.2. The molecule has 0 aliphatic heterocycles. The van der Waals surface area contributed by atoms with E-state index >= 15 is 0 Å². The van der Waals surface area contributed by atoms with Crippen LogP contribution in [0.25, 0.3) is 0 Å². The maximum Gasteiger partial charge on any atom is 0.174 e. The van der Waals surface area contributed by atoms with Crippen molar-refractivity contribution in [3.05, 3.63) is 41.0 Å². The monoisotopic (exact) mass is 291 g/mol. The summed E-state index contributed by atoms with van der Waals surface area (Å²) in [4.78, 5) is 4.51. The van der Waals surface area contributed by atoms with Gasteiger partial charge in [0.05, 0.1) is 18.0 Å². The quantitative estimate of drug-likeness (QED) is 0.750. The maximum absolute atomic E-state index is 5.78. The smallest absolute Gasteiger partial charge is 0.174 e. The molecule has 2 aromatic rings. The van der Waals surface area contributed by atoms with Gasteiger partial charge in [0.15, 0.2) is 5.76 Å². The summed E-state index contributed by atoms with van der Waals surface area (Å²) in [6.07, 6.45) is 0. The Balaban J connectivity index is 1.97. The number of methoxy groups -OCH3 is 1. The number of aryl methyl sites for hydroxylation is 2. The van der Waals surface area contributed by atoms with Crippen molar-refractivity contribution < 1.29 is 14.0 Å². The van der Waals surface area contributed by atoms with Crippen LogP contribution in [0.2, 0.25) is 0 Å². The Morgan fingerprint density at radius 1 is 1.24 bits per heavy atom. The Labute approximate surface area is 124 Å². The Hall–Kier alpha value is -1.92. The van der Waals surface area contributed by atoms with Gasteiger partial charge in [-0.1, -0.05) is 5.16 Å². The number of nitrogens with one attached hydrogen (secondary N) is 1. The van der Waals surface area contributed by atoms with Crippen LogP contribution in [-0.2, 0) is 17.9 Å². The van der Waals surface area contributed by atoms with Gasteiger partial charge in [0.2, 0.25) is 0 Å². The molecule has 2 rings (SSSR count). The van der Waals surface area contributed by atoms with E-state index in [1.165, 1.54) is 0 Å². The molecule has 114 valence electrons. The number of rotatable bonds is 8. The molecule has 0 saturated heterocycles. The van der Waals surface area contributed by atoms with E-state index in [-0.39, 0.29) is 0 Å². The predicted molar refractivity (Wildman–Crippen MR) is 78.1 cm³/mol. The van der Waals surface area contributed by atoms with Gasteiger partial charge in [-0.05, 0) is 26.0 Å². The van der Waals surface area contributed by atoms with Crippen LogP contribution in [0.4, 0.5) is 0 Å². The number of aromatic nitrogens is 2. The van der Waals surface area contributed by atoms with E-state index in [9.17, 15) is 0 Å². The first-order chi connectivity index (χ1) is 10.2. The van der Waals surface area contributed by atoms with E-state index in [1.807, 2.05) is 32.0 Å². The van der Waals surface area contributed by atoms with Crippen molar-refractivity contribution in [1.29, 1.82) is 0 Å². The second-order valence-corrected chi connectivity index (χ2v) is 4.79. The van der Waals surface area contributed by atoms with Crippen LogP contribution in [0.5, 0.6) is 5.75 Å². The summed E-state index contributed by atoms with van der Waals surface area (Å²) >= 11 is 0. The molecule has 0 unspecified atom stereocenters. The van der Waals surface area contributed by atoms with Gasteiger partial charge in [0.25, 0.3) is 0 Å². The van der Waals surface area contributed by atoms with E-state index in [1.54, 1.807) is 7.11 Å². The lowest BCUT2D eigenvalue weighted by Gasteiger charge is -2.11. The number of pyridine rings is 1. The molecule has 6 heteroatoms. The first-order valence-electron chi connectivity index (χ1n) is 6.90. The highest BCUT2D eigenvalue weighted by Crippen LogP contribution is 2.18. The highest BCUT2D eigenvalue weighted by molar-refractivity contribution is 5.29. The van der Waals surface area contributed by atoms with E-state index < -0.39 is 0 Å². The van der Waals surface area contributed by atoms with Crippen molar-refractivity contribution in [3.8, 4) is 5.75 Å². The van der Waals surface area contributed by atoms with Crippen LogP contribution in [0, 0.1) is 13.8 Å². The van der Waals surface area contributed by atoms with E-state index in [0.29, 0.717) is 25.5 Å². The van der Waals surface area contributed by atoms with E-state index in [0.717, 1.165) is 29.4 Å². The van der Waals surface area contributed by atoms with Gasteiger partial charge in [-0.15, -0.1) is 0 Å². The van der Waals surface area contributed by atoms with Crippen LogP contribution in [-0.4, -0.2) is 30.4 Å². The summed E-state index contributed by atoms with van der Waals surface area (Å²) in [5.41, 5.74) is 2.68. The van der Waals surface area contributed by atoms with Crippen LogP contribution in [0.1, 0.15) is 22.8 Å². The second-order valence-electron chi connectivity index (χ2n) is 4.79. The zero-order valence-electron chi connectivity index (χ0n) is 12.7.